The Morgan fingerprint density at radius 3 is 3.29 bits per heavy atom. The molecule has 1 aromatic rings. The lowest BCUT2D eigenvalue weighted by molar-refractivity contribution is -0.129. The molecule has 7 heteroatoms. The summed E-state index contributed by atoms with van der Waals surface area (Å²) in [5.41, 5.74) is 8.14. The van der Waals surface area contributed by atoms with Crippen molar-refractivity contribution in [3.05, 3.63) is 28.8 Å². The second kappa shape index (κ2) is 5.60. The Morgan fingerprint density at radius 1 is 1.86 bits per heavy atom. The summed E-state index contributed by atoms with van der Waals surface area (Å²) in [7, 11) is 0. The van der Waals surface area contributed by atoms with Crippen LogP contribution in [-0.4, -0.2) is 24.6 Å². The van der Waals surface area contributed by atoms with Gasteiger partial charge in [0.1, 0.15) is 12.4 Å². The van der Waals surface area contributed by atoms with Crippen molar-refractivity contribution in [2.75, 3.05) is 13.2 Å². The fourth-order valence-corrected chi connectivity index (χ4v) is 0.943. The van der Waals surface area contributed by atoms with Gasteiger partial charge in [-0.15, -0.1) is 0 Å². The molecule has 1 atom stereocenters. The van der Waals surface area contributed by atoms with E-state index in [9.17, 15) is 4.79 Å². The largest absolute Gasteiger partial charge is 0.467 e. The summed E-state index contributed by atoms with van der Waals surface area (Å²) in [6.45, 7) is 0.608. The molecule has 1 aromatic heterocycles. The zero-order valence-electron chi connectivity index (χ0n) is 7.24. The van der Waals surface area contributed by atoms with Crippen molar-refractivity contribution in [1.29, 1.82) is 0 Å². The molecule has 0 aliphatic heterocycles. The van der Waals surface area contributed by atoms with E-state index in [4.69, 9.17) is 9.95 Å². The van der Waals surface area contributed by atoms with Gasteiger partial charge in [0.05, 0.1) is 12.1 Å². The number of aromatic nitrogens is 1. The van der Waals surface area contributed by atoms with Crippen LogP contribution in [0.15, 0.2) is 22.1 Å². The summed E-state index contributed by atoms with van der Waals surface area (Å²) in [5, 5.41) is 3.38. The van der Waals surface area contributed by atoms with Gasteiger partial charge in [0.15, 0.2) is 6.39 Å². The number of nitrogens with zero attached hydrogens (tertiary/aromatic N) is 4. The molecule has 74 valence electrons. The summed E-state index contributed by atoms with van der Waals surface area (Å²) in [4.78, 5) is 16.3. The van der Waals surface area contributed by atoms with E-state index in [2.05, 4.69) is 19.7 Å². The Hall–Kier alpha value is -2.01. The summed E-state index contributed by atoms with van der Waals surface area (Å²) >= 11 is 0. The van der Waals surface area contributed by atoms with E-state index in [1.165, 1.54) is 12.6 Å². The van der Waals surface area contributed by atoms with E-state index >= 15 is 0 Å². The zero-order valence-corrected chi connectivity index (χ0v) is 7.24. The summed E-state index contributed by atoms with van der Waals surface area (Å²) in [6, 6.07) is 0. The van der Waals surface area contributed by atoms with E-state index in [1.54, 1.807) is 0 Å². The van der Waals surface area contributed by atoms with Gasteiger partial charge in [-0.05, 0) is 5.53 Å². The fourth-order valence-electron chi connectivity index (χ4n) is 0.943. The maximum atomic E-state index is 9.98. The van der Waals surface area contributed by atoms with Crippen LogP contribution in [0.1, 0.15) is 11.7 Å². The van der Waals surface area contributed by atoms with Crippen LogP contribution in [0.2, 0.25) is 0 Å². The molecule has 1 rings (SSSR count). The first kappa shape index (κ1) is 10.1. The highest BCUT2D eigenvalue weighted by molar-refractivity contribution is 5.37. The zero-order chi connectivity index (χ0) is 10.2. The van der Waals surface area contributed by atoms with Gasteiger partial charge in [0.25, 0.3) is 6.47 Å². The third-order valence-electron chi connectivity index (χ3n) is 1.58. The molecular weight excluding hydrogens is 188 g/mol. The van der Waals surface area contributed by atoms with Crippen molar-refractivity contribution >= 4 is 6.47 Å². The van der Waals surface area contributed by atoms with Crippen molar-refractivity contribution in [3.63, 3.8) is 0 Å². The molecule has 0 radical (unpaired) electrons. The lowest BCUT2D eigenvalue weighted by Crippen LogP contribution is -2.09. The molecule has 1 heterocycles. The Bertz CT molecular complexity index is 318. The minimum Gasteiger partial charge on any atom is -0.467 e. The second-order valence-corrected chi connectivity index (χ2v) is 2.44. The average Bonchev–Trinajstić information content (AvgIpc) is 2.71. The van der Waals surface area contributed by atoms with Crippen LogP contribution in [0.4, 0.5) is 0 Å². The maximum Gasteiger partial charge on any atom is 0.293 e. The molecule has 0 aliphatic carbocycles. The summed E-state index contributed by atoms with van der Waals surface area (Å²) < 4.78 is 9.56. The lowest BCUT2D eigenvalue weighted by atomic mass is 10.1. The Kier molecular flexibility index (Phi) is 4.03. The minimum atomic E-state index is -0.279. The van der Waals surface area contributed by atoms with Gasteiger partial charge in [0, 0.05) is 11.5 Å². The van der Waals surface area contributed by atoms with Crippen LogP contribution in [0, 0.1) is 0 Å². The first-order valence-corrected chi connectivity index (χ1v) is 3.83. The van der Waals surface area contributed by atoms with Crippen LogP contribution in [0.25, 0.3) is 10.4 Å². The average molecular weight is 196 g/mol. The van der Waals surface area contributed by atoms with Gasteiger partial charge in [-0.2, -0.15) is 0 Å². The van der Waals surface area contributed by atoms with Gasteiger partial charge in [-0.25, -0.2) is 4.98 Å². The van der Waals surface area contributed by atoms with Gasteiger partial charge in [-0.3, -0.25) is 4.79 Å². The first-order chi connectivity index (χ1) is 6.88. The van der Waals surface area contributed by atoms with Crippen molar-refractivity contribution in [2.45, 2.75) is 5.92 Å². The second-order valence-electron chi connectivity index (χ2n) is 2.44. The van der Waals surface area contributed by atoms with E-state index in [0.717, 1.165) is 0 Å². The molecule has 14 heavy (non-hydrogen) atoms. The van der Waals surface area contributed by atoms with E-state index in [1.807, 2.05) is 0 Å². The molecule has 1 unspecified atom stereocenters. The number of carbonyl (C=O) groups is 1. The number of ether oxygens (including phenoxy) is 1. The smallest absolute Gasteiger partial charge is 0.293 e. The summed E-state index contributed by atoms with van der Waals surface area (Å²) in [6.07, 6.45) is 2.76. The molecule has 7 nitrogen and oxygen atoms in total. The quantitative estimate of drug-likeness (QED) is 0.295. The third kappa shape index (κ3) is 2.80. The molecule has 0 saturated carbocycles. The van der Waals surface area contributed by atoms with Crippen LogP contribution >= 0.6 is 0 Å². The van der Waals surface area contributed by atoms with Gasteiger partial charge >= 0.3 is 0 Å². The maximum absolute atomic E-state index is 9.98. The third-order valence-corrected chi connectivity index (χ3v) is 1.58. The first-order valence-electron chi connectivity index (χ1n) is 3.83. The molecule has 0 aliphatic rings. The highest BCUT2D eigenvalue weighted by Crippen LogP contribution is 2.15. The topological polar surface area (TPSA) is 101 Å². The van der Waals surface area contributed by atoms with Gasteiger partial charge < -0.3 is 9.15 Å². The SMILES string of the molecule is [N-]=[N+]=NCC(COC=O)c1cnco1. The molecule has 0 spiro atoms. The molecule has 0 aromatic carbocycles. The van der Waals surface area contributed by atoms with Crippen LogP contribution in [0.3, 0.4) is 0 Å². The van der Waals surface area contributed by atoms with Crippen molar-refractivity contribution < 1.29 is 13.9 Å². The molecular formula is C7H8N4O3. The van der Waals surface area contributed by atoms with Crippen LogP contribution in [0.5, 0.6) is 0 Å². The Labute approximate surface area is 79.3 Å². The normalized spacial score (nSPS) is 11.4. The van der Waals surface area contributed by atoms with Crippen molar-refractivity contribution in [1.82, 2.24) is 4.98 Å². The predicted octanol–water partition coefficient (Wildman–Crippen LogP) is 1.24. The van der Waals surface area contributed by atoms with Crippen molar-refractivity contribution in [3.8, 4) is 0 Å². The molecule has 0 N–H and O–H groups in total. The highest BCUT2D eigenvalue weighted by Gasteiger charge is 2.14. The fraction of sp³-hybridized carbons (Fsp3) is 0.429. The number of carbonyl (C=O) groups excluding carboxylic acids is 1. The van der Waals surface area contributed by atoms with E-state index in [0.29, 0.717) is 12.2 Å². The van der Waals surface area contributed by atoms with Crippen molar-refractivity contribution in [2.24, 2.45) is 5.11 Å². The molecule has 0 fully saturated rings. The van der Waals surface area contributed by atoms with E-state index in [-0.39, 0.29) is 19.1 Å². The Morgan fingerprint density at radius 2 is 2.71 bits per heavy atom. The number of hydrogen-bond donors (Lipinski definition) is 0. The number of oxazole rings is 1. The molecule has 0 amide bonds. The van der Waals surface area contributed by atoms with E-state index < -0.39 is 0 Å². The number of hydrogen-bond acceptors (Lipinski definition) is 5. The van der Waals surface area contributed by atoms with Crippen LogP contribution < -0.4 is 0 Å². The standard InChI is InChI=1S/C7H8N4O3/c8-11-10-1-6(3-13-5-12)7-2-9-4-14-7/h2,4-6H,1,3H2. The highest BCUT2D eigenvalue weighted by atomic mass is 16.5. The number of rotatable bonds is 6. The monoisotopic (exact) mass is 196 g/mol. The molecule has 0 bridgehead atoms. The van der Waals surface area contributed by atoms with Gasteiger partial charge in [0.2, 0.25) is 0 Å². The Balaban J connectivity index is 2.61. The predicted molar refractivity (Wildman–Crippen MR) is 45.3 cm³/mol. The number of azide groups is 1. The van der Waals surface area contributed by atoms with Gasteiger partial charge in [-0.1, -0.05) is 5.11 Å². The minimum absolute atomic E-state index is 0.109. The molecule has 0 saturated heterocycles. The lowest BCUT2D eigenvalue weighted by Gasteiger charge is -2.08. The summed E-state index contributed by atoms with van der Waals surface area (Å²) in [5.74, 6) is 0.248. The van der Waals surface area contributed by atoms with Crippen LogP contribution in [-0.2, 0) is 9.53 Å².